The van der Waals surface area contributed by atoms with E-state index < -0.39 is 56.2 Å². The number of nitrogens with zero attached hydrogens (tertiary/aromatic N) is 1. The van der Waals surface area contributed by atoms with Crippen molar-refractivity contribution in [2.45, 2.75) is 48.0 Å². The van der Waals surface area contributed by atoms with Gasteiger partial charge in [0, 0.05) is 35.3 Å². The molecule has 0 saturated heterocycles. The van der Waals surface area contributed by atoms with Crippen LogP contribution >= 0.6 is 11.6 Å². The molecule has 1 aromatic heterocycles. The van der Waals surface area contributed by atoms with Gasteiger partial charge in [-0.05, 0) is 73.4 Å². The van der Waals surface area contributed by atoms with Gasteiger partial charge in [0.25, 0.3) is 5.91 Å². The van der Waals surface area contributed by atoms with Crippen LogP contribution in [-0.4, -0.2) is 40.4 Å². The number of hydrogen-bond donors (Lipinski definition) is 3. The molecule has 1 heterocycles. The molecule has 39 heavy (non-hydrogen) atoms. The number of pyridine rings is 1. The number of rotatable bonds is 6. The maximum absolute atomic E-state index is 13.8. The number of amides is 1. The Labute approximate surface area is 229 Å². The Hall–Kier alpha value is -2.92. The summed E-state index contributed by atoms with van der Waals surface area (Å²) in [6.07, 6.45) is 2.60. The molecule has 0 radical (unpaired) electrons. The number of aliphatic hydroxyl groups is 2. The third-order valence-electron chi connectivity index (χ3n) is 8.21. The Morgan fingerprint density at radius 1 is 1.13 bits per heavy atom. The van der Waals surface area contributed by atoms with Crippen molar-refractivity contribution in [1.82, 2.24) is 4.98 Å². The largest absolute Gasteiger partial charge is 0.386 e. The highest BCUT2D eigenvalue weighted by Gasteiger charge is 2.61. The number of carbonyl (C=O) groups excluding carboxylic acids is 1. The van der Waals surface area contributed by atoms with E-state index >= 15 is 0 Å². The Balaban J connectivity index is 1.41. The highest BCUT2D eigenvalue weighted by atomic mass is 35.5. The first-order chi connectivity index (χ1) is 18.4. The molecule has 3 N–H and O–H groups in total. The highest BCUT2D eigenvalue weighted by molar-refractivity contribution is 7.92. The maximum atomic E-state index is 13.8. The number of aromatic nitrogens is 1. The van der Waals surface area contributed by atoms with Gasteiger partial charge < -0.3 is 15.5 Å². The van der Waals surface area contributed by atoms with E-state index in [0.717, 1.165) is 12.1 Å². The molecular weight excluding hydrogens is 550 g/mol. The molecule has 5 rings (SSSR count). The molecule has 2 saturated carbocycles. The van der Waals surface area contributed by atoms with Crippen molar-refractivity contribution in [1.29, 1.82) is 0 Å². The molecular formula is C28H27ClF2N2O5S. The molecule has 206 valence electrons. The maximum Gasteiger partial charge on any atom is 0.255 e. The number of carbonyl (C=O) groups is 1. The van der Waals surface area contributed by atoms with Crippen molar-refractivity contribution in [2.24, 2.45) is 17.8 Å². The van der Waals surface area contributed by atoms with Gasteiger partial charge in [-0.25, -0.2) is 17.2 Å². The summed E-state index contributed by atoms with van der Waals surface area (Å²) in [4.78, 5) is 16.6. The van der Waals surface area contributed by atoms with E-state index in [1.807, 2.05) is 6.92 Å². The fraction of sp³-hybridized carbons (Fsp3) is 0.357. The fourth-order valence-electron chi connectivity index (χ4n) is 6.27. The SMILES string of the molecule is C[C@H]1CC2CC(S(=O)(=O)c3cc(C(=O)Nc4ccc(F)c(F)c4)ccc3Cl)CC1[C@@]2(O)C(O)c1cccnc1. The molecule has 3 aromatic rings. The van der Waals surface area contributed by atoms with E-state index in [-0.39, 0.29) is 39.9 Å². The number of sulfone groups is 1. The van der Waals surface area contributed by atoms with Crippen molar-refractivity contribution in [3.63, 3.8) is 0 Å². The number of nitrogens with one attached hydrogen (secondary N) is 1. The van der Waals surface area contributed by atoms with Crippen molar-refractivity contribution in [3.8, 4) is 0 Å². The summed E-state index contributed by atoms with van der Waals surface area (Å²) >= 11 is 6.31. The second kappa shape index (κ2) is 10.2. The van der Waals surface area contributed by atoms with Crippen molar-refractivity contribution >= 4 is 33.0 Å². The van der Waals surface area contributed by atoms with Gasteiger partial charge in [0.1, 0.15) is 11.7 Å². The lowest BCUT2D eigenvalue weighted by Crippen LogP contribution is -2.52. The van der Waals surface area contributed by atoms with E-state index in [1.54, 1.807) is 18.3 Å². The first-order valence-electron chi connectivity index (χ1n) is 12.5. The van der Waals surface area contributed by atoms with Crippen LogP contribution in [0.1, 0.15) is 48.2 Å². The van der Waals surface area contributed by atoms with Gasteiger partial charge in [-0.15, -0.1) is 0 Å². The molecule has 6 atom stereocenters. The summed E-state index contributed by atoms with van der Waals surface area (Å²) in [7, 11) is -4.05. The van der Waals surface area contributed by atoms with E-state index in [0.29, 0.717) is 12.0 Å². The Morgan fingerprint density at radius 3 is 2.56 bits per heavy atom. The Kier molecular flexibility index (Phi) is 7.26. The molecule has 2 aromatic carbocycles. The van der Waals surface area contributed by atoms with Crippen LogP contribution in [0, 0.1) is 29.4 Å². The lowest BCUT2D eigenvalue weighted by atomic mass is 9.69. The van der Waals surface area contributed by atoms with Gasteiger partial charge in [-0.2, -0.15) is 0 Å². The zero-order valence-electron chi connectivity index (χ0n) is 20.9. The normalized spacial score (nSPS) is 27.2. The smallest absolute Gasteiger partial charge is 0.255 e. The lowest BCUT2D eigenvalue weighted by Gasteiger charge is -2.45. The summed E-state index contributed by atoms with van der Waals surface area (Å²) in [5.41, 5.74) is -1.07. The zero-order chi connectivity index (χ0) is 28.1. The van der Waals surface area contributed by atoms with Crippen LogP contribution in [0.4, 0.5) is 14.5 Å². The topological polar surface area (TPSA) is 117 Å². The van der Waals surface area contributed by atoms with Crippen LogP contribution in [0.5, 0.6) is 0 Å². The average Bonchev–Trinajstić information content (AvgIpc) is 3.03. The molecule has 2 fully saturated rings. The van der Waals surface area contributed by atoms with Crippen LogP contribution in [0.15, 0.2) is 65.8 Å². The van der Waals surface area contributed by atoms with Gasteiger partial charge in [0.2, 0.25) is 0 Å². The second-order valence-corrected chi connectivity index (χ2v) is 13.1. The van der Waals surface area contributed by atoms with E-state index in [1.165, 1.54) is 30.5 Å². The molecule has 11 heteroatoms. The molecule has 0 aliphatic heterocycles. The van der Waals surface area contributed by atoms with Gasteiger partial charge >= 0.3 is 0 Å². The monoisotopic (exact) mass is 576 g/mol. The molecule has 2 bridgehead atoms. The first kappa shape index (κ1) is 27.6. The minimum absolute atomic E-state index is 0.00237. The quantitative estimate of drug-likeness (QED) is 0.383. The van der Waals surface area contributed by atoms with Gasteiger partial charge in [0.05, 0.1) is 15.2 Å². The number of fused-ring (bicyclic) bond motifs is 2. The van der Waals surface area contributed by atoms with Crippen LogP contribution in [-0.2, 0) is 9.84 Å². The van der Waals surface area contributed by atoms with Crippen molar-refractivity contribution in [2.75, 3.05) is 5.32 Å². The van der Waals surface area contributed by atoms with Crippen LogP contribution < -0.4 is 5.32 Å². The van der Waals surface area contributed by atoms with Crippen LogP contribution in [0.25, 0.3) is 0 Å². The van der Waals surface area contributed by atoms with Gasteiger partial charge in [-0.3, -0.25) is 9.78 Å². The summed E-state index contributed by atoms with van der Waals surface area (Å²) in [5, 5.41) is 24.4. The van der Waals surface area contributed by atoms with Gasteiger partial charge in [-0.1, -0.05) is 24.6 Å². The number of aliphatic hydroxyl groups excluding tert-OH is 1. The zero-order valence-corrected chi connectivity index (χ0v) is 22.5. The van der Waals surface area contributed by atoms with Crippen LogP contribution in [0.3, 0.4) is 0 Å². The van der Waals surface area contributed by atoms with Gasteiger partial charge in [0.15, 0.2) is 21.5 Å². The predicted molar refractivity (Wildman–Crippen MR) is 141 cm³/mol. The number of hydrogen-bond acceptors (Lipinski definition) is 6. The summed E-state index contributed by atoms with van der Waals surface area (Å²) < 4.78 is 54.5. The minimum atomic E-state index is -4.05. The van der Waals surface area contributed by atoms with E-state index in [4.69, 9.17) is 11.6 Å². The lowest BCUT2D eigenvalue weighted by molar-refractivity contribution is -0.148. The number of halogens is 3. The van der Waals surface area contributed by atoms with E-state index in [9.17, 15) is 32.2 Å². The predicted octanol–water partition coefficient (Wildman–Crippen LogP) is 4.94. The minimum Gasteiger partial charge on any atom is -0.386 e. The third-order valence-corrected chi connectivity index (χ3v) is 10.9. The number of anilines is 1. The molecule has 7 nitrogen and oxygen atoms in total. The molecule has 2 aliphatic rings. The molecule has 0 spiro atoms. The Bertz CT molecular complexity index is 1520. The number of benzene rings is 2. The molecule has 1 amide bonds. The first-order valence-corrected chi connectivity index (χ1v) is 14.5. The summed E-state index contributed by atoms with van der Waals surface area (Å²) in [5.74, 6) is -3.94. The van der Waals surface area contributed by atoms with Crippen LogP contribution in [0.2, 0.25) is 5.02 Å². The van der Waals surface area contributed by atoms with E-state index in [2.05, 4.69) is 10.3 Å². The fourth-order valence-corrected chi connectivity index (χ4v) is 8.64. The average molecular weight is 577 g/mol. The molecule has 4 unspecified atom stereocenters. The molecule has 2 aliphatic carbocycles. The third kappa shape index (κ3) is 4.84. The summed E-state index contributed by atoms with van der Waals surface area (Å²) in [6.45, 7) is 1.94. The standard InChI is InChI=1S/C28H27ClF2N2O5S/c1-15-9-18-11-20(13-21(15)28(18,36)26(34)17-3-2-8-32-14-17)39(37,38)25-10-16(4-6-22(25)29)27(35)33-19-5-7-23(30)24(31)12-19/h2-8,10,12,14-15,18,20-21,26,34,36H,9,11,13H2,1H3,(H,33,35)/t15-,18?,20?,21?,26?,28+/m0/s1. The summed E-state index contributed by atoms with van der Waals surface area (Å²) in [6, 6.07) is 10.0. The highest BCUT2D eigenvalue weighted by Crippen LogP contribution is 2.58. The Morgan fingerprint density at radius 2 is 1.90 bits per heavy atom. The van der Waals surface area contributed by atoms with Crippen molar-refractivity contribution < 1.29 is 32.2 Å². The second-order valence-electron chi connectivity index (χ2n) is 10.5. The van der Waals surface area contributed by atoms with Crippen molar-refractivity contribution in [3.05, 3.63) is 88.7 Å².